The lowest BCUT2D eigenvalue weighted by atomic mass is 10.0. The number of aromatic nitrogens is 1. The van der Waals surface area contributed by atoms with Crippen molar-refractivity contribution in [2.75, 3.05) is 7.11 Å². The molecule has 0 unspecified atom stereocenters. The van der Waals surface area contributed by atoms with Crippen molar-refractivity contribution in [3.63, 3.8) is 0 Å². The van der Waals surface area contributed by atoms with Crippen LogP contribution >= 0.6 is 0 Å². The summed E-state index contributed by atoms with van der Waals surface area (Å²) in [6, 6.07) is 12.8. The van der Waals surface area contributed by atoms with Crippen molar-refractivity contribution < 1.29 is 33.3 Å². The van der Waals surface area contributed by atoms with Gasteiger partial charge in [0.15, 0.2) is 6.20 Å². The second-order valence-corrected chi connectivity index (χ2v) is 9.77. The van der Waals surface area contributed by atoms with E-state index in [9.17, 15) is 0 Å². The summed E-state index contributed by atoms with van der Waals surface area (Å²) in [4.78, 5) is 0. The van der Waals surface area contributed by atoms with E-state index in [4.69, 9.17) is 4.74 Å². The standard InChI is InChI=1S/C32H50NO.HI/c1-4-6-7-8-9-10-11-12-13-14-15-16-17-18-19-20-26-33-27-25-29(5-2)28-32(33)30-21-23-31(34-3)24-22-30;/h5,21-25,27-28H,2,4,6-20,26H2,1,3H3;1H/q+1;/p-1. The second kappa shape index (κ2) is 20.8. The van der Waals surface area contributed by atoms with Crippen LogP contribution in [0, 0.1) is 0 Å². The quantitative estimate of drug-likeness (QED) is 0.0967. The third kappa shape index (κ3) is 13.5. The Bertz CT molecular complexity index is 787. The van der Waals surface area contributed by atoms with Gasteiger partial charge in [0.1, 0.15) is 12.3 Å². The molecule has 0 N–H and O–H groups in total. The highest BCUT2D eigenvalue weighted by Crippen LogP contribution is 2.21. The Morgan fingerprint density at radius 1 is 0.714 bits per heavy atom. The van der Waals surface area contributed by atoms with Crippen LogP contribution in [0.4, 0.5) is 0 Å². The molecule has 0 radical (unpaired) electrons. The third-order valence-corrected chi connectivity index (χ3v) is 6.93. The van der Waals surface area contributed by atoms with Crippen molar-refractivity contribution in [3.05, 3.63) is 54.7 Å². The fourth-order valence-corrected chi connectivity index (χ4v) is 4.71. The molecule has 3 heteroatoms. The highest BCUT2D eigenvalue weighted by Gasteiger charge is 2.13. The smallest absolute Gasteiger partial charge is 0.213 e. The van der Waals surface area contributed by atoms with E-state index < -0.39 is 0 Å². The Morgan fingerprint density at radius 3 is 1.66 bits per heavy atom. The van der Waals surface area contributed by atoms with Gasteiger partial charge in [0, 0.05) is 24.1 Å². The van der Waals surface area contributed by atoms with Gasteiger partial charge in [-0.15, -0.1) is 0 Å². The van der Waals surface area contributed by atoms with E-state index in [1.165, 1.54) is 114 Å². The summed E-state index contributed by atoms with van der Waals surface area (Å²) >= 11 is 0. The Hall–Kier alpha value is -1.36. The molecule has 0 spiro atoms. The van der Waals surface area contributed by atoms with Gasteiger partial charge < -0.3 is 28.7 Å². The molecule has 0 aliphatic carbocycles. The lowest BCUT2D eigenvalue weighted by Gasteiger charge is -2.07. The van der Waals surface area contributed by atoms with Gasteiger partial charge in [-0.05, 0) is 36.2 Å². The molecule has 1 heterocycles. The molecule has 0 bridgehead atoms. The molecule has 0 amide bonds. The fourth-order valence-electron chi connectivity index (χ4n) is 4.71. The highest BCUT2D eigenvalue weighted by atomic mass is 127. The lowest BCUT2D eigenvalue weighted by molar-refractivity contribution is -0.686. The van der Waals surface area contributed by atoms with E-state index in [-0.39, 0.29) is 24.0 Å². The maximum atomic E-state index is 5.32. The first-order chi connectivity index (χ1) is 16.8. The Labute approximate surface area is 233 Å². The Morgan fingerprint density at radius 2 is 1.20 bits per heavy atom. The van der Waals surface area contributed by atoms with E-state index in [2.05, 4.69) is 48.5 Å². The second-order valence-electron chi connectivity index (χ2n) is 9.77. The molecule has 35 heavy (non-hydrogen) atoms. The SMILES string of the molecule is C=Cc1cc[n+](CCCCCCCCCCCCCCCCCC)c(-c2ccc(OC)cc2)c1.[I-]. The number of rotatable bonds is 20. The summed E-state index contributed by atoms with van der Waals surface area (Å²) in [5.41, 5.74) is 3.64. The lowest BCUT2D eigenvalue weighted by Crippen LogP contribution is -3.00. The maximum Gasteiger partial charge on any atom is 0.213 e. The predicted molar refractivity (Wildman–Crippen MR) is 148 cm³/mol. The summed E-state index contributed by atoms with van der Waals surface area (Å²) in [5.74, 6) is 0.896. The molecule has 196 valence electrons. The summed E-state index contributed by atoms with van der Waals surface area (Å²) in [6.45, 7) is 7.30. The molecule has 0 aliphatic rings. The van der Waals surface area contributed by atoms with Crippen LogP contribution in [0.2, 0.25) is 0 Å². The summed E-state index contributed by atoms with van der Waals surface area (Å²) < 4.78 is 7.71. The summed E-state index contributed by atoms with van der Waals surface area (Å²) in [7, 11) is 1.71. The van der Waals surface area contributed by atoms with Crippen LogP contribution in [0.15, 0.2) is 49.2 Å². The van der Waals surface area contributed by atoms with Crippen molar-refractivity contribution in [2.24, 2.45) is 0 Å². The summed E-state index contributed by atoms with van der Waals surface area (Å²) in [5, 5.41) is 0. The Kier molecular flexibility index (Phi) is 18.8. The van der Waals surface area contributed by atoms with Crippen molar-refractivity contribution in [1.82, 2.24) is 0 Å². The van der Waals surface area contributed by atoms with Crippen LogP contribution in [0.25, 0.3) is 17.3 Å². The average molecular weight is 592 g/mol. The number of pyridine rings is 1. The van der Waals surface area contributed by atoms with E-state index in [1.807, 2.05) is 18.2 Å². The molecule has 0 atom stereocenters. The van der Waals surface area contributed by atoms with Gasteiger partial charge in [0.2, 0.25) is 5.69 Å². The molecular formula is C32H50INO. The van der Waals surface area contributed by atoms with Crippen LogP contribution in [0.3, 0.4) is 0 Å². The molecule has 0 saturated carbocycles. The van der Waals surface area contributed by atoms with Crippen LogP contribution in [-0.4, -0.2) is 7.11 Å². The number of benzene rings is 1. The number of hydrogen-bond donors (Lipinski definition) is 0. The van der Waals surface area contributed by atoms with E-state index >= 15 is 0 Å². The zero-order valence-electron chi connectivity index (χ0n) is 22.6. The zero-order valence-corrected chi connectivity index (χ0v) is 24.7. The number of hydrogen-bond acceptors (Lipinski definition) is 1. The van der Waals surface area contributed by atoms with E-state index in [0.29, 0.717) is 0 Å². The van der Waals surface area contributed by atoms with Gasteiger partial charge in [0.25, 0.3) is 0 Å². The first-order valence-electron chi connectivity index (χ1n) is 14.1. The van der Waals surface area contributed by atoms with Crippen LogP contribution in [0.1, 0.15) is 115 Å². The summed E-state index contributed by atoms with van der Waals surface area (Å²) in [6.07, 6.45) is 26.7. The normalized spacial score (nSPS) is 10.7. The van der Waals surface area contributed by atoms with Crippen molar-refractivity contribution in [3.8, 4) is 17.0 Å². The van der Waals surface area contributed by atoms with Crippen molar-refractivity contribution in [2.45, 2.75) is 116 Å². The molecule has 1 aromatic heterocycles. The number of halogens is 1. The first-order valence-corrected chi connectivity index (χ1v) is 14.1. The number of methoxy groups -OCH3 is 1. The van der Waals surface area contributed by atoms with Crippen LogP contribution in [-0.2, 0) is 6.54 Å². The topological polar surface area (TPSA) is 13.1 Å². The zero-order chi connectivity index (χ0) is 24.3. The number of nitrogens with zero attached hydrogens (tertiary/aromatic N) is 1. The first kappa shape index (κ1) is 31.7. The average Bonchev–Trinajstić information content (AvgIpc) is 2.88. The van der Waals surface area contributed by atoms with Crippen LogP contribution < -0.4 is 33.3 Å². The van der Waals surface area contributed by atoms with E-state index in [1.54, 1.807) is 7.11 Å². The maximum absolute atomic E-state index is 5.32. The van der Waals surface area contributed by atoms with Gasteiger partial charge in [0.05, 0.1) is 7.11 Å². The molecule has 1 aromatic carbocycles. The van der Waals surface area contributed by atoms with Gasteiger partial charge >= 0.3 is 0 Å². The largest absolute Gasteiger partial charge is 1.00 e. The number of aryl methyl sites for hydroxylation is 1. The molecule has 2 aromatic rings. The predicted octanol–water partition coefficient (Wildman–Crippen LogP) is 6.56. The third-order valence-electron chi connectivity index (χ3n) is 6.93. The van der Waals surface area contributed by atoms with Crippen LogP contribution in [0.5, 0.6) is 5.75 Å². The Balaban J connectivity index is 0.00000612. The van der Waals surface area contributed by atoms with Crippen molar-refractivity contribution >= 4 is 6.08 Å². The highest BCUT2D eigenvalue weighted by molar-refractivity contribution is 5.61. The van der Waals surface area contributed by atoms with Gasteiger partial charge in [-0.25, -0.2) is 0 Å². The van der Waals surface area contributed by atoms with Gasteiger partial charge in [-0.2, -0.15) is 4.57 Å². The molecule has 0 aliphatic heterocycles. The number of unbranched alkanes of at least 4 members (excludes halogenated alkanes) is 15. The molecule has 0 saturated heterocycles. The molecule has 2 rings (SSSR count). The minimum absolute atomic E-state index is 0. The van der Waals surface area contributed by atoms with Gasteiger partial charge in [-0.1, -0.05) is 109 Å². The molecular weight excluding hydrogens is 541 g/mol. The fraction of sp³-hybridized carbons (Fsp3) is 0.594. The molecule has 2 nitrogen and oxygen atoms in total. The number of ether oxygens (including phenoxy) is 1. The minimum atomic E-state index is 0. The minimum Gasteiger partial charge on any atom is -1.00 e. The van der Waals surface area contributed by atoms with Gasteiger partial charge in [-0.3, -0.25) is 0 Å². The van der Waals surface area contributed by atoms with E-state index in [0.717, 1.165) is 17.9 Å². The van der Waals surface area contributed by atoms with Crippen molar-refractivity contribution in [1.29, 1.82) is 0 Å². The monoisotopic (exact) mass is 591 g/mol. The molecule has 0 fully saturated rings.